The Hall–Kier alpha value is -0.620. The van der Waals surface area contributed by atoms with Gasteiger partial charge in [-0.2, -0.15) is 13.2 Å². The van der Waals surface area contributed by atoms with E-state index in [1.54, 1.807) is 5.38 Å². The lowest BCUT2D eigenvalue weighted by atomic mass is 10.2. The fourth-order valence-electron chi connectivity index (χ4n) is 0.957. The lowest BCUT2D eigenvalue weighted by molar-refractivity contribution is -0.127. The topological polar surface area (TPSA) is 38.9 Å². The van der Waals surface area contributed by atoms with E-state index >= 15 is 0 Å². The molecule has 0 spiro atoms. The highest BCUT2D eigenvalue weighted by atomic mass is 32.1. The van der Waals surface area contributed by atoms with Crippen molar-refractivity contribution in [3.8, 4) is 0 Å². The van der Waals surface area contributed by atoms with Crippen molar-refractivity contribution in [3.63, 3.8) is 0 Å². The van der Waals surface area contributed by atoms with Crippen molar-refractivity contribution in [1.29, 1.82) is 0 Å². The first-order valence-corrected chi connectivity index (χ1v) is 5.07. The van der Waals surface area contributed by atoms with Gasteiger partial charge in [0.05, 0.1) is 12.1 Å². The number of aromatic nitrogens is 1. The van der Waals surface area contributed by atoms with Crippen LogP contribution in [0.15, 0.2) is 5.38 Å². The summed E-state index contributed by atoms with van der Waals surface area (Å²) in [7, 11) is 0. The van der Waals surface area contributed by atoms with Gasteiger partial charge in [-0.15, -0.1) is 11.3 Å². The number of hydrogen-bond donors (Lipinski definition) is 1. The number of nitrogens with two attached hydrogens (primary N) is 1. The van der Waals surface area contributed by atoms with Crippen LogP contribution in [-0.2, 0) is 6.42 Å². The van der Waals surface area contributed by atoms with E-state index in [-0.39, 0.29) is 11.0 Å². The van der Waals surface area contributed by atoms with Crippen LogP contribution in [0.5, 0.6) is 0 Å². The molecule has 0 aromatic carbocycles. The Morgan fingerprint density at radius 2 is 2.21 bits per heavy atom. The van der Waals surface area contributed by atoms with Crippen LogP contribution >= 0.6 is 11.3 Å². The molecule has 1 aromatic rings. The van der Waals surface area contributed by atoms with Crippen LogP contribution < -0.4 is 5.73 Å². The molecule has 80 valence electrons. The predicted molar refractivity (Wildman–Crippen MR) is 49.1 cm³/mol. The summed E-state index contributed by atoms with van der Waals surface area (Å²) in [5, 5.41) is 1.67. The van der Waals surface area contributed by atoms with Crippen LogP contribution in [0.1, 0.15) is 30.1 Å². The van der Waals surface area contributed by atoms with E-state index in [1.807, 2.05) is 6.92 Å². The van der Waals surface area contributed by atoms with Gasteiger partial charge < -0.3 is 5.73 Å². The van der Waals surface area contributed by atoms with Crippen LogP contribution in [0, 0.1) is 0 Å². The first kappa shape index (κ1) is 11.5. The standard InChI is InChI=1S/C8H11F3N2S/c1-2-5(12)6-4-14-7(13-6)3-8(9,10)11/h4-5H,2-3,12H2,1H3. The zero-order valence-electron chi connectivity index (χ0n) is 7.64. The Labute approximate surface area is 84.0 Å². The lowest BCUT2D eigenvalue weighted by Gasteiger charge is -2.04. The summed E-state index contributed by atoms with van der Waals surface area (Å²) in [5.74, 6) is 0. The van der Waals surface area contributed by atoms with E-state index in [2.05, 4.69) is 4.98 Å². The monoisotopic (exact) mass is 224 g/mol. The molecule has 0 aliphatic rings. The number of nitrogens with zero attached hydrogens (tertiary/aromatic N) is 1. The van der Waals surface area contributed by atoms with Crippen LogP contribution in [0.3, 0.4) is 0 Å². The van der Waals surface area contributed by atoms with Gasteiger partial charge in [-0.05, 0) is 6.42 Å². The summed E-state index contributed by atoms with van der Waals surface area (Å²) < 4.78 is 35.9. The zero-order chi connectivity index (χ0) is 10.8. The van der Waals surface area contributed by atoms with Crippen molar-refractivity contribution in [2.24, 2.45) is 5.73 Å². The Bertz CT molecular complexity index is 295. The van der Waals surface area contributed by atoms with Crippen LogP contribution in [0.4, 0.5) is 13.2 Å². The molecule has 1 unspecified atom stereocenters. The fraction of sp³-hybridized carbons (Fsp3) is 0.625. The molecular formula is C8H11F3N2S. The maximum absolute atomic E-state index is 12.0. The molecular weight excluding hydrogens is 213 g/mol. The normalized spacial score (nSPS) is 14.4. The molecule has 2 N–H and O–H groups in total. The van der Waals surface area contributed by atoms with Gasteiger partial charge in [0.15, 0.2) is 0 Å². The van der Waals surface area contributed by atoms with Gasteiger partial charge >= 0.3 is 6.18 Å². The molecule has 0 saturated heterocycles. The zero-order valence-corrected chi connectivity index (χ0v) is 8.45. The number of halogens is 3. The van der Waals surface area contributed by atoms with Gasteiger partial charge in [0.1, 0.15) is 5.01 Å². The number of hydrogen-bond acceptors (Lipinski definition) is 3. The quantitative estimate of drug-likeness (QED) is 0.857. The summed E-state index contributed by atoms with van der Waals surface area (Å²) in [4.78, 5) is 3.84. The highest BCUT2D eigenvalue weighted by molar-refractivity contribution is 7.09. The molecule has 0 fully saturated rings. The Morgan fingerprint density at radius 3 is 2.71 bits per heavy atom. The second-order valence-electron chi connectivity index (χ2n) is 2.97. The van der Waals surface area contributed by atoms with Gasteiger partial charge in [-0.1, -0.05) is 6.92 Å². The van der Waals surface area contributed by atoms with E-state index in [0.717, 1.165) is 11.3 Å². The fourth-order valence-corrected chi connectivity index (χ4v) is 1.85. The molecule has 14 heavy (non-hydrogen) atoms. The summed E-state index contributed by atoms with van der Waals surface area (Å²) in [6.07, 6.45) is -4.48. The highest BCUT2D eigenvalue weighted by Gasteiger charge is 2.29. The molecule has 0 amide bonds. The smallest absolute Gasteiger partial charge is 0.323 e. The molecule has 0 bridgehead atoms. The average molecular weight is 224 g/mol. The molecule has 6 heteroatoms. The van der Waals surface area contributed by atoms with E-state index < -0.39 is 12.6 Å². The maximum Gasteiger partial charge on any atom is 0.395 e. The van der Waals surface area contributed by atoms with Gasteiger partial charge in [-0.25, -0.2) is 4.98 Å². The summed E-state index contributed by atoms with van der Waals surface area (Å²) >= 11 is 1.01. The minimum atomic E-state index is -4.19. The Kier molecular flexibility index (Phi) is 3.49. The third-order valence-corrected chi connectivity index (χ3v) is 2.61. The number of thiazole rings is 1. The molecule has 1 atom stereocenters. The van der Waals surface area contributed by atoms with Crippen molar-refractivity contribution >= 4 is 11.3 Å². The maximum atomic E-state index is 12.0. The minimum absolute atomic E-state index is 0.0800. The first-order chi connectivity index (χ1) is 6.42. The van der Waals surface area contributed by atoms with Gasteiger partial charge in [-0.3, -0.25) is 0 Å². The predicted octanol–water partition coefficient (Wildman–Crippen LogP) is 2.66. The van der Waals surface area contributed by atoms with Crippen molar-refractivity contribution in [2.45, 2.75) is 32.0 Å². The SMILES string of the molecule is CCC(N)c1csc(CC(F)(F)F)n1. The Balaban J connectivity index is 2.69. The molecule has 0 aliphatic carbocycles. The van der Waals surface area contributed by atoms with Crippen molar-refractivity contribution in [2.75, 3.05) is 0 Å². The summed E-state index contributed by atoms with van der Waals surface area (Å²) in [6.45, 7) is 1.87. The van der Waals surface area contributed by atoms with E-state index in [0.29, 0.717) is 12.1 Å². The van der Waals surface area contributed by atoms with Crippen LogP contribution in [0.25, 0.3) is 0 Å². The second-order valence-corrected chi connectivity index (χ2v) is 3.92. The molecule has 0 saturated carbocycles. The molecule has 1 aromatic heterocycles. The number of alkyl halides is 3. The summed E-state index contributed by atoms with van der Waals surface area (Å²) in [5.41, 5.74) is 6.19. The van der Waals surface area contributed by atoms with E-state index in [9.17, 15) is 13.2 Å². The third kappa shape index (κ3) is 3.26. The average Bonchev–Trinajstić information content (AvgIpc) is 2.48. The molecule has 2 nitrogen and oxygen atoms in total. The molecule has 0 radical (unpaired) electrons. The van der Waals surface area contributed by atoms with Crippen molar-refractivity contribution < 1.29 is 13.2 Å². The van der Waals surface area contributed by atoms with Crippen LogP contribution in [-0.4, -0.2) is 11.2 Å². The largest absolute Gasteiger partial charge is 0.395 e. The van der Waals surface area contributed by atoms with Crippen molar-refractivity contribution in [3.05, 3.63) is 16.1 Å². The number of rotatable bonds is 3. The molecule has 1 heterocycles. The molecule has 0 aliphatic heterocycles. The van der Waals surface area contributed by atoms with E-state index in [4.69, 9.17) is 5.73 Å². The molecule has 1 rings (SSSR count). The minimum Gasteiger partial charge on any atom is -0.323 e. The van der Waals surface area contributed by atoms with Gasteiger partial charge in [0, 0.05) is 11.4 Å². The Morgan fingerprint density at radius 1 is 1.57 bits per heavy atom. The highest BCUT2D eigenvalue weighted by Crippen LogP contribution is 2.25. The van der Waals surface area contributed by atoms with Crippen LogP contribution in [0.2, 0.25) is 0 Å². The third-order valence-electron chi connectivity index (χ3n) is 1.74. The van der Waals surface area contributed by atoms with Crippen molar-refractivity contribution in [1.82, 2.24) is 4.98 Å². The van der Waals surface area contributed by atoms with Gasteiger partial charge in [0.2, 0.25) is 0 Å². The second kappa shape index (κ2) is 4.27. The first-order valence-electron chi connectivity index (χ1n) is 4.19. The van der Waals surface area contributed by atoms with E-state index in [1.165, 1.54) is 0 Å². The lowest BCUT2D eigenvalue weighted by Crippen LogP contribution is -2.12. The summed E-state index contributed by atoms with van der Waals surface area (Å²) in [6, 6.07) is -0.256. The van der Waals surface area contributed by atoms with Gasteiger partial charge in [0.25, 0.3) is 0 Å².